The number of carbonyl (C=O) groups is 2. The van der Waals surface area contributed by atoms with Crippen LogP contribution in [0.25, 0.3) is 0 Å². The Hall–Kier alpha value is -3.74. The van der Waals surface area contributed by atoms with E-state index in [1.54, 1.807) is 24.3 Å². The summed E-state index contributed by atoms with van der Waals surface area (Å²) in [5.74, 6) is -0.902. The zero-order valence-corrected chi connectivity index (χ0v) is 22.5. The van der Waals surface area contributed by atoms with Gasteiger partial charge < -0.3 is 4.74 Å². The van der Waals surface area contributed by atoms with Crippen LogP contribution in [0.4, 0.5) is 0 Å². The number of imide groups is 1. The average Bonchev–Trinajstić information content (AvgIpc) is 3.21. The van der Waals surface area contributed by atoms with Gasteiger partial charge in [0.15, 0.2) is 0 Å². The molecule has 0 saturated heterocycles. The molecule has 38 heavy (non-hydrogen) atoms. The number of thioether (sulfide) groups is 1. The van der Waals surface area contributed by atoms with Crippen LogP contribution in [0.5, 0.6) is 0 Å². The van der Waals surface area contributed by atoms with Crippen molar-refractivity contribution in [1.82, 2.24) is 4.90 Å². The zero-order chi connectivity index (χ0) is 26.5. The van der Waals surface area contributed by atoms with Crippen LogP contribution in [0.1, 0.15) is 61.5 Å². The third-order valence-corrected chi connectivity index (χ3v) is 8.25. The Morgan fingerprint density at radius 3 is 1.66 bits per heavy atom. The van der Waals surface area contributed by atoms with Gasteiger partial charge in [-0.05, 0) is 48.0 Å². The number of nitrogens with zero attached hydrogens (tertiary/aromatic N) is 1. The Morgan fingerprint density at radius 2 is 1.16 bits per heavy atom. The van der Waals surface area contributed by atoms with E-state index in [4.69, 9.17) is 17.0 Å². The number of hydrogen-bond acceptors (Lipinski definition) is 5. The van der Waals surface area contributed by atoms with Crippen LogP contribution < -0.4 is 0 Å². The van der Waals surface area contributed by atoms with Crippen molar-refractivity contribution < 1.29 is 14.3 Å². The Kier molecular flexibility index (Phi) is 8.01. The summed E-state index contributed by atoms with van der Waals surface area (Å²) in [6.07, 6.45) is 0. The topological polar surface area (TPSA) is 46.6 Å². The molecule has 0 aromatic heterocycles. The molecule has 0 N–H and O–H groups in total. The lowest BCUT2D eigenvalue weighted by Crippen LogP contribution is -2.39. The Bertz CT molecular complexity index is 1390. The lowest BCUT2D eigenvalue weighted by molar-refractivity contribution is 0.0554. The highest BCUT2D eigenvalue weighted by molar-refractivity contribution is 8.22. The van der Waals surface area contributed by atoms with Crippen molar-refractivity contribution in [1.29, 1.82) is 0 Å². The molecule has 4 aromatic carbocycles. The SMILES string of the molecule is CCOC(=S)S[C@@H](c1ccccc1)[C@@H](c1ccccc1)[C@@H](c1ccccc1)N1C(=O)c2ccccc2C1=O. The minimum Gasteiger partial charge on any atom is -0.479 e. The molecular formula is C32H27NO3S2. The molecule has 4 aromatic rings. The molecule has 1 aliphatic rings. The highest BCUT2D eigenvalue weighted by atomic mass is 32.2. The van der Waals surface area contributed by atoms with Gasteiger partial charge in [-0.15, -0.1) is 0 Å². The molecule has 2 amide bonds. The van der Waals surface area contributed by atoms with Gasteiger partial charge in [-0.3, -0.25) is 14.5 Å². The first-order valence-electron chi connectivity index (χ1n) is 12.5. The summed E-state index contributed by atoms with van der Waals surface area (Å²) in [5, 5.41) is -0.243. The number of ether oxygens (including phenoxy) is 1. The van der Waals surface area contributed by atoms with Gasteiger partial charge in [-0.2, -0.15) is 0 Å². The van der Waals surface area contributed by atoms with Gasteiger partial charge in [0, 0.05) is 11.2 Å². The molecule has 1 heterocycles. The normalized spacial score (nSPS) is 15.0. The smallest absolute Gasteiger partial charge is 0.262 e. The summed E-state index contributed by atoms with van der Waals surface area (Å²) in [7, 11) is 0. The van der Waals surface area contributed by atoms with E-state index in [0.29, 0.717) is 22.1 Å². The molecule has 0 unspecified atom stereocenters. The molecule has 6 heteroatoms. The first kappa shape index (κ1) is 25.9. The van der Waals surface area contributed by atoms with Crippen molar-refractivity contribution in [3.05, 3.63) is 143 Å². The maximum absolute atomic E-state index is 13.9. The maximum atomic E-state index is 13.9. The van der Waals surface area contributed by atoms with E-state index in [-0.39, 0.29) is 23.0 Å². The predicted molar refractivity (Wildman–Crippen MR) is 156 cm³/mol. The Morgan fingerprint density at radius 1 is 0.711 bits per heavy atom. The molecule has 3 atom stereocenters. The highest BCUT2D eigenvalue weighted by Gasteiger charge is 2.46. The minimum atomic E-state index is -0.590. The second-order valence-corrected chi connectivity index (χ2v) is 10.7. The fourth-order valence-corrected chi connectivity index (χ4v) is 6.64. The quantitative estimate of drug-likeness (QED) is 0.171. The van der Waals surface area contributed by atoms with Crippen molar-refractivity contribution in [3.63, 3.8) is 0 Å². The van der Waals surface area contributed by atoms with Crippen LogP contribution in [-0.4, -0.2) is 27.7 Å². The van der Waals surface area contributed by atoms with Crippen LogP contribution in [0, 0.1) is 0 Å². The van der Waals surface area contributed by atoms with Crippen LogP contribution in [0.15, 0.2) is 115 Å². The molecule has 0 fully saturated rings. The summed E-state index contributed by atoms with van der Waals surface area (Å²) in [5.41, 5.74) is 3.77. The van der Waals surface area contributed by atoms with E-state index in [0.717, 1.165) is 16.7 Å². The average molecular weight is 538 g/mol. The van der Waals surface area contributed by atoms with Gasteiger partial charge in [0.1, 0.15) is 0 Å². The second kappa shape index (κ2) is 11.8. The van der Waals surface area contributed by atoms with Crippen molar-refractivity contribution in [2.75, 3.05) is 6.61 Å². The van der Waals surface area contributed by atoms with E-state index in [1.807, 2.05) is 73.7 Å². The largest absolute Gasteiger partial charge is 0.479 e. The number of amides is 2. The number of benzene rings is 4. The van der Waals surface area contributed by atoms with Gasteiger partial charge in [0.2, 0.25) is 4.38 Å². The van der Waals surface area contributed by atoms with Crippen molar-refractivity contribution >= 4 is 40.2 Å². The minimum absolute atomic E-state index is 0.243. The summed E-state index contributed by atoms with van der Waals surface area (Å²) in [6, 6.07) is 36.4. The standard InChI is InChI=1S/C32H27NO3S2/c1-2-36-32(37)38-29(24-18-10-5-11-19-24)27(22-14-6-3-7-15-22)28(23-16-8-4-9-17-23)33-30(34)25-20-12-13-21-26(25)31(33)35/h3-21,27-29H,2H2,1H3/t27-,28+,29-/m0/s1. The predicted octanol–water partition coefficient (Wildman–Crippen LogP) is 7.60. The van der Waals surface area contributed by atoms with Crippen LogP contribution >= 0.6 is 24.0 Å². The van der Waals surface area contributed by atoms with Gasteiger partial charge in [0.05, 0.1) is 23.8 Å². The number of fused-ring (bicyclic) bond motifs is 1. The number of rotatable bonds is 8. The second-order valence-electron chi connectivity index (χ2n) is 8.95. The van der Waals surface area contributed by atoms with Gasteiger partial charge in [0.25, 0.3) is 11.8 Å². The highest BCUT2D eigenvalue weighted by Crippen LogP contribution is 2.52. The summed E-state index contributed by atoms with van der Waals surface area (Å²) >= 11 is 7.09. The van der Waals surface area contributed by atoms with Gasteiger partial charge in [-0.1, -0.05) is 115 Å². The molecule has 0 bridgehead atoms. The molecule has 0 aliphatic carbocycles. The molecule has 190 valence electrons. The molecule has 0 saturated carbocycles. The Balaban J connectivity index is 1.73. The lowest BCUT2D eigenvalue weighted by Gasteiger charge is -2.38. The monoisotopic (exact) mass is 537 g/mol. The number of carbonyl (C=O) groups excluding carboxylic acids is 2. The summed E-state index contributed by atoms with van der Waals surface area (Å²) in [6.45, 7) is 2.37. The number of hydrogen-bond donors (Lipinski definition) is 0. The van der Waals surface area contributed by atoms with E-state index in [2.05, 4.69) is 24.3 Å². The summed E-state index contributed by atoms with van der Waals surface area (Å²) in [4.78, 5) is 29.2. The van der Waals surface area contributed by atoms with E-state index >= 15 is 0 Å². The third-order valence-electron chi connectivity index (χ3n) is 6.71. The Labute approximate surface area is 232 Å². The van der Waals surface area contributed by atoms with Gasteiger partial charge in [-0.25, -0.2) is 0 Å². The molecule has 4 nitrogen and oxygen atoms in total. The molecule has 0 spiro atoms. The van der Waals surface area contributed by atoms with E-state index in [9.17, 15) is 9.59 Å². The summed E-state index contributed by atoms with van der Waals surface area (Å²) < 4.78 is 6.16. The van der Waals surface area contributed by atoms with E-state index in [1.165, 1.54) is 16.7 Å². The molecular weight excluding hydrogens is 510 g/mol. The first-order valence-corrected chi connectivity index (χ1v) is 13.8. The van der Waals surface area contributed by atoms with Gasteiger partial charge >= 0.3 is 0 Å². The van der Waals surface area contributed by atoms with Crippen molar-refractivity contribution in [2.45, 2.75) is 24.1 Å². The third kappa shape index (κ3) is 5.15. The van der Waals surface area contributed by atoms with Crippen LogP contribution in [0.2, 0.25) is 0 Å². The zero-order valence-electron chi connectivity index (χ0n) is 20.9. The van der Waals surface area contributed by atoms with Crippen LogP contribution in [-0.2, 0) is 4.74 Å². The first-order chi connectivity index (χ1) is 18.6. The van der Waals surface area contributed by atoms with Crippen molar-refractivity contribution in [3.8, 4) is 0 Å². The van der Waals surface area contributed by atoms with Crippen molar-refractivity contribution in [2.24, 2.45) is 0 Å². The molecule has 5 rings (SSSR count). The fourth-order valence-electron chi connectivity index (χ4n) is 5.07. The molecule has 1 aliphatic heterocycles. The lowest BCUT2D eigenvalue weighted by atomic mass is 9.81. The molecule has 0 radical (unpaired) electrons. The van der Waals surface area contributed by atoms with Crippen LogP contribution in [0.3, 0.4) is 0 Å². The fraction of sp³-hybridized carbons (Fsp3) is 0.156. The van der Waals surface area contributed by atoms with E-state index < -0.39 is 6.04 Å². The maximum Gasteiger partial charge on any atom is 0.262 e. The number of thiocarbonyl (C=S) groups is 1.